The van der Waals surface area contributed by atoms with Crippen molar-refractivity contribution in [2.75, 3.05) is 27.4 Å². The second-order valence-electron chi connectivity index (χ2n) is 20.2. The first-order valence-electron chi connectivity index (χ1n) is 24.9. The number of methoxy groups -OCH3 is 2. The Bertz CT molecular complexity index is 2110. The number of ketones is 2. The van der Waals surface area contributed by atoms with Gasteiger partial charge in [0.2, 0.25) is 5.79 Å². The lowest BCUT2D eigenvalue weighted by Gasteiger charge is -2.47. The number of rotatable bonds is 10. The van der Waals surface area contributed by atoms with Crippen LogP contribution in [0.2, 0.25) is 0 Å². The molecule has 1 aromatic carbocycles. The Morgan fingerprint density at radius 1 is 0.955 bits per heavy atom. The summed E-state index contributed by atoms with van der Waals surface area (Å²) >= 11 is 0. The highest BCUT2D eigenvalue weighted by Gasteiger charge is 2.56. The molecule has 0 radical (unpaired) electrons. The number of esters is 1. The predicted molar refractivity (Wildman–Crippen MR) is 257 cm³/mol. The van der Waals surface area contributed by atoms with Crippen LogP contribution >= 0.6 is 0 Å². The summed E-state index contributed by atoms with van der Waals surface area (Å²) in [5.41, 5.74) is 3.05. The highest BCUT2D eigenvalue weighted by molar-refractivity contribution is 6.39. The first kappa shape index (κ1) is 52.2. The van der Waals surface area contributed by atoms with E-state index in [0.29, 0.717) is 64.4 Å². The van der Waals surface area contributed by atoms with Gasteiger partial charge in [0.25, 0.3) is 11.7 Å². The molecule has 370 valence electrons. The summed E-state index contributed by atoms with van der Waals surface area (Å²) in [6.45, 7) is 16.2. The fraction of sp³-hybridized carbons (Fsp3) is 0.667. The third-order valence-corrected chi connectivity index (χ3v) is 15.0. The molecule has 1 aromatic heterocycles. The van der Waals surface area contributed by atoms with Gasteiger partial charge >= 0.3 is 5.97 Å². The molecule has 13 nitrogen and oxygen atoms in total. The van der Waals surface area contributed by atoms with Gasteiger partial charge in [0.1, 0.15) is 35.9 Å². The summed E-state index contributed by atoms with van der Waals surface area (Å²) < 4.78 is 39.7. The third-order valence-electron chi connectivity index (χ3n) is 15.0. The summed E-state index contributed by atoms with van der Waals surface area (Å²) in [5.74, 6) is -5.46. The van der Waals surface area contributed by atoms with E-state index in [-0.39, 0.29) is 54.6 Å². The van der Waals surface area contributed by atoms with Gasteiger partial charge in [-0.15, -0.1) is 6.58 Å². The zero-order valence-electron chi connectivity index (χ0n) is 41.6. The molecule has 13 unspecified atom stereocenters. The SMILES string of the molecule is C=CCOC1CC(C=C(C)C2OC(=O)C3CCCCN3C(=O)C(=O)C3(O)OC(C(OC)CC(C)CC(C)=CC(CC)C(=O)CCC2C)C(OC)CC3C)CCC1Oc1ccc2c(ccn2C)c1. The van der Waals surface area contributed by atoms with Crippen molar-refractivity contribution < 1.29 is 52.7 Å². The number of carbonyl (C=O) groups excluding carboxylic acids is 4. The molecule has 6 rings (SSSR count). The van der Waals surface area contributed by atoms with Crippen molar-refractivity contribution in [1.29, 1.82) is 0 Å². The molecule has 1 aliphatic carbocycles. The Labute approximate surface area is 398 Å². The average molecular weight is 931 g/mol. The van der Waals surface area contributed by atoms with Crippen LogP contribution in [0.3, 0.4) is 0 Å². The number of benzene rings is 1. The van der Waals surface area contributed by atoms with Crippen molar-refractivity contribution in [3.63, 3.8) is 0 Å². The molecule has 2 aromatic rings. The number of cyclic esters (lactones) is 1. The Hall–Kier alpha value is -4.14. The second kappa shape index (κ2) is 23.4. The van der Waals surface area contributed by atoms with Gasteiger partial charge in [0, 0.05) is 63.2 Å². The Morgan fingerprint density at radius 3 is 2.42 bits per heavy atom. The summed E-state index contributed by atoms with van der Waals surface area (Å²) in [6.07, 6.45) is 11.6. The van der Waals surface area contributed by atoms with Crippen molar-refractivity contribution in [3.8, 4) is 5.75 Å². The molecule has 4 aliphatic rings. The number of piperidine rings is 1. The summed E-state index contributed by atoms with van der Waals surface area (Å²) in [5, 5.41) is 13.3. The van der Waals surface area contributed by atoms with Gasteiger partial charge in [-0.05, 0) is 132 Å². The fourth-order valence-electron chi connectivity index (χ4n) is 11.1. The van der Waals surface area contributed by atoms with Gasteiger partial charge in [-0.1, -0.05) is 51.5 Å². The van der Waals surface area contributed by atoms with E-state index in [1.165, 1.54) is 4.90 Å². The van der Waals surface area contributed by atoms with Crippen LogP contribution in [0.4, 0.5) is 0 Å². The van der Waals surface area contributed by atoms with E-state index in [2.05, 4.69) is 48.4 Å². The number of amides is 1. The number of hydrogen-bond donors (Lipinski definition) is 1. The molecule has 0 spiro atoms. The van der Waals surface area contributed by atoms with Gasteiger partial charge in [0.05, 0.1) is 24.9 Å². The summed E-state index contributed by atoms with van der Waals surface area (Å²) in [7, 11) is 5.14. The van der Waals surface area contributed by atoms with E-state index in [1.807, 2.05) is 47.0 Å². The zero-order valence-corrected chi connectivity index (χ0v) is 41.6. The fourth-order valence-corrected chi connectivity index (χ4v) is 11.1. The number of nitrogens with zero attached hydrogens (tertiary/aromatic N) is 2. The number of fused-ring (bicyclic) bond motifs is 4. The molecule has 3 aliphatic heterocycles. The molecule has 2 bridgehead atoms. The number of allylic oxidation sites excluding steroid dienone is 3. The molecule has 1 amide bonds. The van der Waals surface area contributed by atoms with Crippen LogP contribution in [0.25, 0.3) is 10.9 Å². The van der Waals surface area contributed by atoms with E-state index in [0.717, 1.165) is 40.6 Å². The average Bonchev–Trinajstić information content (AvgIpc) is 3.69. The zero-order chi connectivity index (χ0) is 48.6. The standard InChI is InChI=1S/C54H78N2O11/c1-11-25-64-46-31-38(17-21-45(46)65-41-18-19-42-40(32-41)22-24-55(42)8)29-36(6)49-35(5)16-20-44(57)39(12-2)27-33(3)26-34(4)28-47(62-9)50-48(63-10)30-37(7)54(61,67-50)51(58)52(59)56-23-14-13-15-43(56)53(60)66-49/h11,18-19,22,24,27,29,32,34-35,37-39,43,45-50,61H,1,12-17,20-21,23,25-26,28,30-31H2,2-10H3. The van der Waals surface area contributed by atoms with Crippen LogP contribution in [-0.4, -0.2) is 114 Å². The van der Waals surface area contributed by atoms with Gasteiger partial charge in [0.15, 0.2) is 0 Å². The number of aryl methyl sites for hydroxylation is 1. The highest BCUT2D eigenvalue weighted by atomic mass is 16.7. The Balaban J connectivity index is 1.29. The highest BCUT2D eigenvalue weighted by Crippen LogP contribution is 2.40. The minimum absolute atomic E-state index is 0.0757. The monoisotopic (exact) mass is 931 g/mol. The van der Waals surface area contributed by atoms with E-state index < -0.39 is 59.8 Å². The number of hydrogen-bond acceptors (Lipinski definition) is 11. The lowest BCUT2D eigenvalue weighted by molar-refractivity contribution is -0.302. The quantitative estimate of drug-likeness (QED) is 0.139. The van der Waals surface area contributed by atoms with Crippen LogP contribution < -0.4 is 4.74 Å². The van der Waals surface area contributed by atoms with Crippen molar-refractivity contribution in [3.05, 3.63) is 66.4 Å². The van der Waals surface area contributed by atoms with Crippen molar-refractivity contribution in [2.24, 2.45) is 36.6 Å². The topological polar surface area (TPSA) is 152 Å². The number of aromatic nitrogens is 1. The van der Waals surface area contributed by atoms with Crippen molar-refractivity contribution in [1.82, 2.24) is 9.47 Å². The molecule has 13 heteroatoms. The maximum atomic E-state index is 14.6. The molecule has 1 N–H and O–H groups in total. The molecular formula is C54H78N2O11. The normalized spacial score (nSPS) is 34.7. The van der Waals surface area contributed by atoms with Crippen LogP contribution in [0.5, 0.6) is 5.75 Å². The van der Waals surface area contributed by atoms with Gasteiger partial charge in [-0.25, -0.2) is 4.79 Å². The van der Waals surface area contributed by atoms with Crippen LogP contribution in [0.1, 0.15) is 119 Å². The molecule has 2 saturated heterocycles. The molecule has 3 fully saturated rings. The van der Waals surface area contributed by atoms with E-state index in [4.69, 9.17) is 28.4 Å². The van der Waals surface area contributed by atoms with E-state index in [9.17, 15) is 24.3 Å². The van der Waals surface area contributed by atoms with Gasteiger partial charge in [-0.3, -0.25) is 14.4 Å². The maximum Gasteiger partial charge on any atom is 0.329 e. The van der Waals surface area contributed by atoms with Gasteiger partial charge < -0.3 is 43.0 Å². The Kier molecular flexibility index (Phi) is 18.3. The minimum atomic E-state index is -2.48. The third kappa shape index (κ3) is 12.4. The van der Waals surface area contributed by atoms with Crippen LogP contribution in [-0.2, 0) is 49.9 Å². The number of ether oxygens (including phenoxy) is 6. The van der Waals surface area contributed by atoms with Crippen molar-refractivity contribution in [2.45, 2.75) is 167 Å². The summed E-state index contributed by atoms with van der Waals surface area (Å²) in [6, 6.07) is 7.15. The van der Waals surface area contributed by atoms with E-state index in [1.54, 1.807) is 27.2 Å². The second-order valence-corrected chi connectivity index (χ2v) is 20.2. The smallest absolute Gasteiger partial charge is 0.329 e. The first-order chi connectivity index (χ1) is 32.0. The lowest BCUT2D eigenvalue weighted by atomic mass is 9.82. The minimum Gasteiger partial charge on any atom is -0.488 e. The van der Waals surface area contributed by atoms with Crippen LogP contribution in [0, 0.1) is 29.6 Å². The lowest BCUT2D eigenvalue weighted by Crippen LogP contribution is -2.64. The summed E-state index contributed by atoms with van der Waals surface area (Å²) in [4.78, 5) is 58.6. The number of Topliss-reactive ketones (excluding diaryl/α,β-unsaturated/α-hetero) is 2. The molecular weight excluding hydrogens is 853 g/mol. The molecule has 13 atom stereocenters. The molecule has 1 saturated carbocycles. The Morgan fingerprint density at radius 2 is 1.70 bits per heavy atom. The molecule has 67 heavy (non-hydrogen) atoms. The number of aliphatic hydroxyl groups is 1. The van der Waals surface area contributed by atoms with E-state index >= 15 is 0 Å². The molecule has 4 heterocycles. The van der Waals surface area contributed by atoms with Crippen molar-refractivity contribution >= 4 is 34.3 Å². The largest absolute Gasteiger partial charge is 0.488 e. The predicted octanol–water partition coefficient (Wildman–Crippen LogP) is 8.64. The maximum absolute atomic E-state index is 14.6. The van der Waals surface area contributed by atoms with Gasteiger partial charge in [-0.2, -0.15) is 0 Å². The first-order valence-corrected chi connectivity index (χ1v) is 24.9. The van der Waals surface area contributed by atoms with Crippen LogP contribution in [0.15, 0.2) is 66.4 Å². The number of carbonyl (C=O) groups is 4.